The van der Waals surface area contributed by atoms with Crippen LogP contribution in [0.25, 0.3) is 0 Å². The van der Waals surface area contributed by atoms with Crippen LogP contribution in [0.4, 0.5) is 4.79 Å². The van der Waals surface area contributed by atoms with Crippen LogP contribution in [0.5, 0.6) is 0 Å². The van der Waals surface area contributed by atoms with E-state index in [9.17, 15) is 19.2 Å². The Hall–Kier alpha value is -2.90. The number of amides is 3. The van der Waals surface area contributed by atoms with Crippen LogP contribution in [0.3, 0.4) is 0 Å². The van der Waals surface area contributed by atoms with E-state index in [1.165, 1.54) is 16.7 Å². The smallest absolute Gasteiger partial charge is 0.410 e. The van der Waals surface area contributed by atoms with Crippen molar-refractivity contribution in [3.8, 4) is 0 Å². The molecule has 0 aliphatic carbocycles. The minimum absolute atomic E-state index is 0.0792. The van der Waals surface area contributed by atoms with Gasteiger partial charge < -0.3 is 19.9 Å². The van der Waals surface area contributed by atoms with Crippen LogP contribution in [-0.2, 0) is 25.7 Å². The third kappa shape index (κ3) is 5.03. The average Bonchev–Trinajstić information content (AvgIpc) is 2.64. The summed E-state index contributed by atoms with van der Waals surface area (Å²) < 4.78 is 5.27. The highest BCUT2D eigenvalue weighted by atomic mass is 16.6. The van der Waals surface area contributed by atoms with Crippen LogP contribution < -0.4 is 5.32 Å². The summed E-state index contributed by atoms with van der Waals surface area (Å²) in [5, 5.41) is 2.29. The van der Waals surface area contributed by atoms with Gasteiger partial charge in [-0.2, -0.15) is 0 Å². The molecule has 1 saturated heterocycles. The molecule has 0 radical (unpaired) electrons. The maximum absolute atomic E-state index is 12.2. The quantitative estimate of drug-likeness (QED) is 0.740. The Morgan fingerprint density at radius 2 is 1.96 bits per heavy atom. The molecule has 1 unspecified atom stereocenters. The summed E-state index contributed by atoms with van der Waals surface area (Å²) in [5.74, 6) is -0.579. The van der Waals surface area contributed by atoms with Crippen molar-refractivity contribution >= 4 is 24.2 Å². The number of ketones is 1. The van der Waals surface area contributed by atoms with Crippen molar-refractivity contribution in [2.75, 3.05) is 26.2 Å². The van der Waals surface area contributed by atoms with Crippen molar-refractivity contribution in [2.24, 2.45) is 0 Å². The zero-order valence-electron chi connectivity index (χ0n) is 14.0. The maximum Gasteiger partial charge on any atom is 0.410 e. The van der Waals surface area contributed by atoms with E-state index >= 15 is 0 Å². The third-order valence-corrected chi connectivity index (χ3v) is 3.97. The Bertz CT molecular complexity index is 634. The van der Waals surface area contributed by atoms with Crippen molar-refractivity contribution in [1.82, 2.24) is 15.1 Å². The molecule has 134 valence electrons. The molecule has 25 heavy (non-hydrogen) atoms. The van der Waals surface area contributed by atoms with E-state index in [1.807, 2.05) is 30.3 Å². The molecule has 0 aromatic heterocycles. The first-order chi connectivity index (χ1) is 12.0. The number of ether oxygens (including phenoxy) is 1. The fourth-order valence-corrected chi connectivity index (χ4v) is 2.64. The first-order valence-electron chi connectivity index (χ1n) is 7.95. The number of rotatable bonds is 6. The molecule has 1 atom stereocenters. The molecule has 3 amide bonds. The molecule has 1 aliphatic heterocycles. The normalized spacial score (nSPS) is 16.9. The molecule has 1 aromatic carbocycles. The molecular weight excluding hydrogens is 326 g/mol. The van der Waals surface area contributed by atoms with Gasteiger partial charge in [0.25, 0.3) is 0 Å². The van der Waals surface area contributed by atoms with Gasteiger partial charge in [0.1, 0.15) is 12.6 Å². The molecule has 2 rings (SSSR count). The van der Waals surface area contributed by atoms with Crippen molar-refractivity contribution < 1.29 is 23.9 Å². The number of piperazine rings is 1. The van der Waals surface area contributed by atoms with Crippen molar-refractivity contribution in [3.63, 3.8) is 0 Å². The number of hydrogen-bond acceptors (Lipinski definition) is 5. The van der Waals surface area contributed by atoms with Gasteiger partial charge >= 0.3 is 6.09 Å². The molecule has 8 nitrogen and oxygen atoms in total. The minimum atomic E-state index is -0.737. The summed E-state index contributed by atoms with van der Waals surface area (Å²) in [6, 6.07) is 8.54. The molecule has 1 aliphatic rings. The number of benzene rings is 1. The van der Waals surface area contributed by atoms with Crippen LogP contribution in [0, 0.1) is 0 Å². The van der Waals surface area contributed by atoms with Crippen LogP contribution >= 0.6 is 0 Å². The number of nitrogens with one attached hydrogen (secondary N) is 1. The molecule has 1 fully saturated rings. The summed E-state index contributed by atoms with van der Waals surface area (Å²) in [5.41, 5.74) is 0.868. The van der Waals surface area contributed by atoms with Gasteiger partial charge in [-0.15, -0.1) is 0 Å². The van der Waals surface area contributed by atoms with Gasteiger partial charge in [0.2, 0.25) is 12.3 Å². The molecule has 8 heteroatoms. The van der Waals surface area contributed by atoms with E-state index in [4.69, 9.17) is 4.74 Å². The highest BCUT2D eigenvalue weighted by molar-refractivity contribution is 5.89. The van der Waals surface area contributed by atoms with Crippen molar-refractivity contribution in [2.45, 2.75) is 19.6 Å². The molecule has 0 saturated carbocycles. The van der Waals surface area contributed by atoms with Crippen LogP contribution in [0.2, 0.25) is 0 Å². The molecule has 1 aromatic rings. The van der Waals surface area contributed by atoms with E-state index in [-0.39, 0.29) is 44.5 Å². The lowest BCUT2D eigenvalue weighted by atomic mass is 10.1. The summed E-state index contributed by atoms with van der Waals surface area (Å²) in [4.78, 5) is 49.3. The SMILES string of the molecule is CC(=O)C1CN(C(=O)OCc2ccccc2)CCN1C(=O)CNC=O. The van der Waals surface area contributed by atoms with E-state index in [2.05, 4.69) is 5.32 Å². The Morgan fingerprint density at radius 1 is 1.24 bits per heavy atom. The van der Waals surface area contributed by atoms with E-state index in [1.54, 1.807) is 0 Å². The number of nitrogens with zero attached hydrogens (tertiary/aromatic N) is 2. The van der Waals surface area contributed by atoms with Crippen LogP contribution in [-0.4, -0.2) is 66.2 Å². The molecular formula is C17H21N3O5. The van der Waals surface area contributed by atoms with E-state index in [0.29, 0.717) is 6.41 Å². The molecule has 0 spiro atoms. The summed E-state index contributed by atoms with van der Waals surface area (Å²) >= 11 is 0. The standard InChI is InChI=1S/C17H21N3O5/c1-13(22)15-10-19(7-8-20(15)16(23)9-18-12-21)17(24)25-11-14-5-3-2-4-6-14/h2-6,12,15H,7-11H2,1H3,(H,18,21). The van der Waals surface area contributed by atoms with Gasteiger partial charge in [0.15, 0.2) is 5.78 Å². The lowest BCUT2D eigenvalue weighted by Crippen LogP contribution is -2.60. The fraction of sp³-hybridized carbons (Fsp3) is 0.412. The third-order valence-electron chi connectivity index (χ3n) is 3.97. The molecule has 1 N–H and O–H groups in total. The van der Waals surface area contributed by atoms with Gasteiger partial charge in [-0.05, 0) is 12.5 Å². The topological polar surface area (TPSA) is 96.0 Å². The summed E-state index contributed by atoms with van der Waals surface area (Å²) in [7, 11) is 0. The predicted octanol–water partition coefficient (Wildman–Crippen LogP) is 0.171. The Labute approximate surface area is 145 Å². The Kier molecular flexibility index (Phi) is 6.50. The van der Waals surface area contributed by atoms with Gasteiger partial charge in [-0.3, -0.25) is 14.4 Å². The number of carbonyl (C=O) groups excluding carboxylic acids is 4. The largest absolute Gasteiger partial charge is 0.445 e. The van der Waals surface area contributed by atoms with Gasteiger partial charge in [-0.1, -0.05) is 30.3 Å². The molecule has 1 heterocycles. The summed E-state index contributed by atoms with van der Waals surface area (Å²) in [6.45, 7) is 1.90. The van der Waals surface area contributed by atoms with Crippen LogP contribution in [0.1, 0.15) is 12.5 Å². The fourth-order valence-electron chi connectivity index (χ4n) is 2.64. The monoisotopic (exact) mass is 347 g/mol. The molecule has 0 bridgehead atoms. The van der Waals surface area contributed by atoms with Crippen molar-refractivity contribution in [1.29, 1.82) is 0 Å². The first-order valence-corrected chi connectivity index (χ1v) is 7.95. The number of Topliss-reactive ketones (excluding diaryl/α,β-unsaturated/α-hetero) is 1. The minimum Gasteiger partial charge on any atom is -0.445 e. The predicted molar refractivity (Wildman–Crippen MR) is 88.4 cm³/mol. The number of hydrogen-bond donors (Lipinski definition) is 1. The van der Waals surface area contributed by atoms with Crippen LogP contribution in [0.15, 0.2) is 30.3 Å². The number of carbonyl (C=O) groups is 4. The second kappa shape index (κ2) is 8.81. The van der Waals surface area contributed by atoms with E-state index < -0.39 is 12.1 Å². The van der Waals surface area contributed by atoms with Crippen molar-refractivity contribution in [3.05, 3.63) is 35.9 Å². The zero-order valence-corrected chi connectivity index (χ0v) is 14.0. The highest BCUT2D eigenvalue weighted by Crippen LogP contribution is 2.13. The summed E-state index contributed by atoms with van der Waals surface area (Å²) in [6.07, 6.45) is -0.0917. The Morgan fingerprint density at radius 3 is 2.60 bits per heavy atom. The lowest BCUT2D eigenvalue weighted by molar-refractivity contribution is -0.141. The second-order valence-electron chi connectivity index (χ2n) is 5.70. The average molecular weight is 347 g/mol. The second-order valence-corrected chi connectivity index (χ2v) is 5.70. The maximum atomic E-state index is 12.2. The van der Waals surface area contributed by atoms with E-state index in [0.717, 1.165) is 5.56 Å². The zero-order chi connectivity index (χ0) is 18.2. The van der Waals surface area contributed by atoms with Gasteiger partial charge in [-0.25, -0.2) is 4.79 Å². The highest BCUT2D eigenvalue weighted by Gasteiger charge is 2.35. The Balaban J connectivity index is 1.93. The lowest BCUT2D eigenvalue weighted by Gasteiger charge is -2.39. The van der Waals surface area contributed by atoms with Gasteiger partial charge in [0.05, 0.1) is 13.1 Å². The first kappa shape index (κ1) is 18.4. The van der Waals surface area contributed by atoms with Gasteiger partial charge in [0, 0.05) is 13.1 Å².